The lowest BCUT2D eigenvalue weighted by Gasteiger charge is -2.27. The van der Waals surface area contributed by atoms with E-state index < -0.39 is 0 Å². The highest BCUT2D eigenvalue weighted by molar-refractivity contribution is 5.85. The van der Waals surface area contributed by atoms with Gasteiger partial charge in [-0.2, -0.15) is 0 Å². The van der Waals surface area contributed by atoms with E-state index in [1.165, 1.54) is 0 Å². The Labute approximate surface area is 106 Å². The molecule has 0 aliphatic heterocycles. The summed E-state index contributed by atoms with van der Waals surface area (Å²) in [7, 11) is 0. The fourth-order valence-electron chi connectivity index (χ4n) is 2.05. The molecule has 0 spiro atoms. The number of carbonyl (C=O) groups is 3. The van der Waals surface area contributed by atoms with Crippen LogP contribution in [0.3, 0.4) is 0 Å². The van der Waals surface area contributed by atoms with Crippen LogP contribution >= 0.6 is 0 Å². The minimum absolute atomic E-state index is 0.0582. The lowest BCUT2D eigenvalue weighted by atomic mass is 9.85. The minimum atomic E-state index is -0.359. The zero-order valence-corrected chi connectivity index (χ0v) is 10.3. The maximum absolute atomic E-state index is 11.5. The summed E-state index contributed by atoms with van der Waals surface area (Å²) in [4.78, 5) is 33.3. The Balaban J connectivity index is 2.22. The first kappa shape index (κ1) is 14.4. The van der Waals surface area contributed by atoms with E-state index in [-0.39, 0.29) is 42.8 Å². The van der Waals surface area contributed by atoms with Crippen LogP contribution in [0.2, 0.25) is 0 Å². The molecule has 1 aliphatic rings. The lowest BCUT2D eigenvalue weighted by Crippen LogP contribution is -2.45. The number of hydrogen-bond acceptors (Lipinski definition) is 4. The Morgan fingerprint density at radius 2 is 1.67 bits per heavy atom. The van der Waals surface area contributed by atoms with Crippen LogP contribution in [0.25, 0.3) is 0 Å². The Kier molecular flexibility index (Phi) is 5.57. The molecule has 3 amide bonds. The molecule has 1 fully saturated rings. The first-order valence-corrected chi connectivity index (χ1v) is 6.08. The number of primary amides is 1. The number of carbonyl (C=O) groups excluding carboxylic acids is 3. The second-order valence-electron chi connectivity index (χ2n) is 4.50. The predicted molar refractivity (Wildman–Crippen MR) is 65.1 cm³/mol. The maximum atomic E-state index is 11.5. The van der Waals surface area contributed by atoms with Gasteiger partial charge in [-0.15, -0.1) is 0 Å². The number of nitrogens with one attached hydrogen (secondary N) is 2. The predicted octanol–water partition coefficient (Wildman–Crippen LogP) is -1.78. The van der Waals surface area contributed by atoms with E-state index in [1.54, 1.807) is 0 Å². The Hall–Kier alpha value is -1.63. The van der Waals surface area contributed by atoms with Crippen molar-refractivity contribution in [2.24, 2.45) is 17.4 Å². The maximum Gasteiger partial charge on any atom is 0.239 e. The molecule has 1 saturated carbocycles. The van der Waals surface area contributed by atoms with Crippen molar-refractivity contribution in [2.45, 2.75) is 31.7 Å². The normalized spacial score (nSPS) is 23.2. The molecule has 0 aromatic heterocycles. The second-order valence-corrected chi connectivity index (χ2v) is 4.50. The molecule has 0 saturated heterocycles. The van der Waals surface area contributed by atoms with Crippen LogP contribution in [-0.2, 0) is 14.4 Å². The van der Waals surface area contributed by atoms with Crippen molar-refractivity contribution in [1.82, 2.24) is 10.6 Å². The van der Waals surface area contributed by atoms with E-state index in [2.05, 4.69) is 10.6 Å². The van der Waals surface area contributed by atoms with Crippen LogP contribution in [0.5, 0.6) is 0 Å². The van der Waals surface area contributed by atoms with Gasteiger partial charge in [-0.25, -0.2) is 0 Å². The smallest absolute Gasteiger partial charge is 0.239 e. The summed E-state index contributed by atoms with van der Waals surface area (Å²) in [5, 5.41) is 5.21. The highest BCUT2D eigenvalue weighted by Gasteiger charge is 2.25. The van der Waals surface area contributed by atoms with Crippen molar-refractivity contribution in [3.8, 4) is 0 Å². The lowest BCUT2D eigenvalue weighted by molar-refractivity contribution is -0.126. The molecule has 6 N–H and O–H groups in total. The molecule has 0 aromatic rings. The van der Waals surface area contributed by atoms with Gasteiger partial charge in [0.25, 0.3) is 0 Å². The van der Waals surface area contributed by atoms with Crippen LogP contribution in [0.15, 0.2) is 0 Å². The Morgan fingerprint density at radius 3 is 2.17 bits per heavy atom. The largest absolute Gasteiger partial charge is 0.369 e. The molecule has 0 atom stereocenters. The average Bonchev–Trinajstić information content (AvgIpc) is 2.36. The monoisotopic (exact) mass is 256 g/mol. The molecule has 0 aromatic carbocycles. The highest BCUT2D eigenvalue weighted by Crippen LogP contribution is 2.23. The quantitative estimate of drug-likeness (QED) is 0.463. The average molecular weight is 256 g/mol. The molecule has 0 unspecified atom stereocenters. The van der Waals surface area contributed by atoms with Crippen molar-refractivity contribution >= 4 is 17.7 Å². The third-order valence-electron chi connectivity index (χ3n) is 3.13. The van der Waals surface area contributed by atoms with E-state index in [4.69, 9.17) is 11.5 Å². The fraction of sp³-hybridized carbons (Fsp3) is 0.727. The molecule has 1 rings (SSSR count). The number of amides is 3. The van der Waals surface area contributed by atoms with E-state index in [0.29, 0.717) is 12.8 Å². The van der Waals surface area contributed by atoms with Crippen molar-refractivity contribution in [1.29, 1.82) is 0 Å². The summed E-state index contributed by atoms with van der Waals surface area (Å²) >= 11 is 0. The van der Waals surface area contributed by atoms with Crippen LogP contribution in [0.1, 0.15) is 25.7 Å². The van der Waals surface area contributed by atoms with Crippen molar-refractivity contribution in [3.05, 3.63) is 0 Å². The minimum Gasteiger partial charge on any atom is -0.369 e. The van der Waals surface area contributed by atoms with Crippen molar-refractivity contribution in [3.63, 3.8) is 0 Å². The van der Waals surface area contributed by atoms with Gasteiger partial charge < -0.3 is 22.1 Å². The second kappa shape index (κ2) is 6.95. The Morgan fingerprint density at radius 1 is 1.06 bits per heavy atom. The van der Waals surface area contributed by atoms with Crippen molar-refractivity contribution < 1.29 is 14.4 Å². The van der Waals surface area contributed by atoms with Gasteiger partial charge in [0.1, 0.15) is 0 Å². The van der Waals surface area contributed by atoms with Gasteiger partial charge in [0.2, 0.25) is 17.7 Å². The molecule has 0 bridgehead atoms. The summed E-state index contributed by atoms with van der Waals surface area (Å²) in [6, 6.07) is 0.0582. The van der Waals surface area contributed by atoms with E-state index >= 15 is 0 Å². The molecule has 102 valence electrons. The molecule has 1 aliphatic carbocycles. The third kappa shape index (κ3) is 4.70. The van der Waals surface area contributed by atoms with E-state index in [1.807, 2.05) is 0 Å². The molecular formula is C11H20N4O3. The fourth-order valence-corrected chi connectivity index (χ4v) is 2.05. The SMILES string of the molecule is NCC(=O)NCC(=O)NC1CCC(C(N)=O)CC1. The van der Waals surface area contributed by atoms with E-state index in [9.17, 15) is 14.4 Å². The zero-order chi connectivity index (χ0) is 13.5. The van der Waals surface area contributed by atoms with Gasteiger partial charge in [0.05, 0.1) is 13.1 Å². The number of rotatable bonds is 5. The van der Waals surface area contributed by atoms with Crippen molar-refractivity contribution in [2.75, 3.05) is 13.1 Å². The van der Waals surface area contributed by atoms with Crippen LogP contribution < -0.4 is 22.1 Å². The first-order chi connectivity index (χ1) is 8.52. The van der Waals surface area contributed by atoms with Gasteiger partial charge in [-0.3, -0.25) is 14.4 Å². The standard InChI is InChI=1S/C11H20N4O3/c12-5-9(16)14-6-10(17)15-8-3-1-7(2-4-8)11(13)18/h7-8H,1-6,12H2,(H2,13,18)(H,14,16)(H,15,17). The van der Waals surface area contributed by atoms with Gasteiger partial charge in [-0.05, 0) is 25.7 Å². The zero-order valence-electron chi connectivity index (χ0n) is 10.3. The summed E-state index contributed by atoms with van der Waals surface area (Å²) in [5.74, 6) is -0.938. The van der Waals surface area contributed by atoms with Crippen LogP contribution in [0, 0.1) is 5.92 Å². The van der Waals surface area contributed by atoms with Gasteiger partial charge in [0.15, 0.2) is 0 Å². The van der Waals surface area contributed by atoms with Crippen LogP contribution in [-0.4, -0.2) is 36.9 Å². The number of hydrogen-bond donors (Lipinski definition) is 4. The summed E-state index contributed by atoms with van der Waals surface area (Å²) < 4.78 is 0. The molecular weight excluding hydrogens is 236 g/mol. The van der Waals surface area contributed by atoms with E-state index in [0.717, 1.165) is 12.8 Å². The van der Waals surface area contributed by atoms with Gasteiger partial charge in [0, 0.05) is 12.0 Å². The molecule has 7 heteroatoms. The number of nitrogens with two attached hydrogens (primary N) is 2. The summed E-state index contributed by atoms with van der Waals surface area (Å²) in [5.41, 5.74) is 10.3. The van der Waals surface area contributed by atoms with Crippen LogP contribution in [0.4, 0.5) is 0 Å². The van der Waals surface area contributed by atoms with Gasteiger partial charge in [-0.1, -0.05) is 0 Å². The molecule has 0 heterocycles. The molecule has 7 nitrogen and oxygen atoms in total. The summed E-state index contributed by atoms with van der Waals surface area (Å²) in [6.07, 6.45) is 2.89. The third-order valence-corrected chi connectivity index (χ3v) is 3.13. The highest BCUT2D eigenvalue weighted by atomic mass is 16.2. The molecule has 0 radical (unpaired) electrons. The summed E-state index contributed by atoms with van der Waals surface area (Å²) in [6.45, 7) is -0.192. The Bertz CT molecular complexity index is 324. The topological polar surface area (TPSA) is 127 Å². The van der Waals surface area contributed by atoms with Gasteiger partial charge >= 0.3 is 0 Å². The molecule has 18 heavy (non-hydrogen) atoms. The first-order valence-electron chi connectivity index (χ1n) is 6.08.